The monoisotopic (exact) mass is 193 g/mol. The van der Waals surface area contributed by atoms with Gasteiger partial charge in [0.1, 0.15) is 5.82 Å². The van der Waals surface area contributed by atoms with Crippen molar-refractivity contribution < 1.29 is 0 Å². The van der Waals surface area contributed by atoms with E-state index < -0.39 is 0 Å². The van der Waals surface area contributed by atoms with Crippen molar-refractivity contribution in [3.05, 3.63) is 17.2 Å². The Bertz CT molecular complexity index is 304. The first kappa shape index (κ1) is 9.71. The van der Waals surface area contributed by atoms with Crippen molar-refractivity contribution in [2.45, 2.75) is 38.5 Å². The average Bonchev–Trinajstić information content (AvgIpc) is 2.40. The minimum atomic E-state index is 0.299. The number of rotatable bonds is 3. The van der Waals surface area contributed by atoms with E-state index in [0.29, 0.717) is 5.41 Å². The Balaban J connectivity index is 2.27. The fraction of sp³-hybridized carbons (Fsp3) is 0.727. The number of aryl methyl sites for hydroxylation is 2. The van der Waals surface area contributed by atoms with Crippen LogP contribution in [0.25, 0.3) is 0 Å². The van der Waals surface area contributed by atoms with Crippen LogP contribution in [0.1, 0.15) is 36.5 Å². The summed E-state index contributed by atoms with van der Waals surface area (Å²) >= 11 is 0. The van der Waals surface area contributed by atoms with E-state index >= 15 is 0 Å². The summed E-state index contributed by atoms with van der Waals surface area (Å²) in [4.78, 5) is 8.05. The van der Waals surface area contributed by atoms with Gasteiger partial charge < -0.3 is 10.3 Å². The lowest BCUT2D eigenvalue weighted by Crippen LogP contribution is -2.43. The highest BCUT2D eigenvalue weighted by molar-refractivity contribution is 5.21. The number of aromatic amines is 1. The molecule has 0 radical (unpaired) electrons. The SMILES string of the molecule is CNCC1(c2nc(C)c(C)[nH]2)CCC1. The summed E-state index contributed by atoms with van der Waals surface area (Å²) in [7, 11) is 2.02. The van der Waals surface area contributed by atoms with Gasteiger partial charge in [0, 0.05) is 17.7 Å². The molecule has 14 heavy (non-hydrogen) atoms. The number of hydrogen-bond donors (Lipinski definition) is 2. The fourth-order valence-electron chi connectivity index (χ4n) is 2.24. The Hall–Kier alpha value is -0.830. The highest BCUT2D eigenvalue weighted by atomic mass is 15.0. The van der Waals surface area contributed by atoms with E-state index in [2.05, 4.69) is 29.1 Å². The molecule has 1 aromatic heterocycles. The van der Waals surface area contributed by atoms with E-state index in [0.717, 1.165) is 12.2 Å². The lowest BCUT2D eigenvalue weighted by molar-refractivity contribution is 0.226. The lowest BCUT2D eigenvalue weighted by Gasteiger charge is -2.40. The predicted molar refractivity (Wildman–Crippen MR) is 57.5 cm³/mol. The molecule has 3 heteroatoms. The third kappa shape index (κ3) is 1.36. The molecule has 0 spiro atoms. The second-order valence-electron chi connectivity index (χ2n) is 4.46. The summed E-state index contributed by atoms with van der Waals surface area (Å²) in [5.41, 5.74) is 2.65. The van der Waals surface area contributed by atoms with Gasteiger partial charge in [-0.15, -0.1) is 0 Å². The summed E-state index contributed by atoms with van der Waals surface area (Å²) in [6.45, 7) is 5.21. The zero-order valence-electron chi connectivity index (χ0n) is 9.28. The minimum Gasteiger partial charge on any atom is -0.345 e. The van der Waals surface area contributed by atoms with Crippen LogP contribution in [-0.2, 0) is 5.41 Å². The molecule has 1 saturated carbocycles. The maximum atomic E-state index is 4.63. The molecule has 0 unspecified atom stereocenters. The highest BCUT2D eigenvalue weighted by Gasteiger charge is 2.40. The molecule has 1 aromatic rings. The Morgan fingerprint density at radius 1 is 1.43 bits per heavy atom. The molecule has 0 atom stereocenters. The number of likely N-dealkylation sites (N-methyl/N-ethyl adjacent to an activating group) is 1. The van der Waals surface area contributed by atoms with Crippen LogP contribution in [0.2, 0.25) is 0 Å². The second-order valence-corrected chi connectivity index (χ2v) is 4.46. The molecule has 1 aliphatic rings. The lowest BCUT2D eigenvalue weighted by atomic mass is 9.68. The van der Waals surface area contributed by atoms with Crippen LogP contribution in [0, 0.1) is 13.8 Å². The van der Waals surface area contributed by atoms with E-state index in [1.807, 2.05) is 7.05 Å². The van der Waals surface area contributed by atoms with E-state index in [1.165, 1.54) is 30.8 Å². The van der Waals surface area contributed by atoms with Gasteiger partial charge in [-0.25, -0.2) is 4.98 Å². The van der Waals surface area contributed by atoms with Crippen LogP contribution in [0.15, 0.2) is 0 Å². The smallest absolute Gasteiger partial charge is 0.114 e. The van der Waals surface area contributed by atoms with Gasteiger partial charge in [-0.05, 0) is 33.7 Å². The van der Waals surface area contributed by atoms with Gasteiger partial charge in [0.2, 0.25) is 0 Å². The molecule has 1 fully saturated rings. The molecule has 1 aliphatic carbocycles. The number of nitrogens with one attached hydrogen (secondary N) is 2. The molecule has 0 aliphatic heterocycles. The maximum Gasteiger partial charge on any atom is 0.114 e. The fourth-order valence-corrected chi connectivity index (χ4v) is 2.24. The van der Waals surface area contributed by atoms with Gasteiger partial charge >= 0.3 is 0 Å². The van der Waals surface area contributed by atoms with Crippen LogP contribution in [0.4, 0.5) is 0 Å². The van der Waals surface area contributed by atoms with E-state index in [-0.39, 0.29) is 0 Å². The summed E-state index contributed by atoms with van der Waals surface area (Å²) in [5, 5.41) is 3.28. The number of hydrogen-bond acceptors (Lipinski definition) is 2. The third-order valence-corrected chi connectivity index (χ3v) is 3.46. The molecule has 2 rings (SSSR count). The molecule has 0 amide bonds. The van der Waals surface area contributed by atoms with Gasteiger partial charge in [-0.1, -0.05) is 6.42 Å². The van der Waals surface area contributed by atoms with Crippen LogP contribution in [0.5, 0.6) is 0 Å². The summed E-state index contributed by atoms with van der Waals surface area (Å²) in [6, 6.07) is 0. The zero-order chi connectivity index (χ0) is 10.2. The van der Waals surface area contributed by atoms with Gasteiger partial charge in [0.25, 0.3) is 0 Å². The first-order valence-electron chi connectivity index (χ1n) is 5.36. The predicted octanol–water partition coefficient (Wildman–Crippen LogP) is 1.67. The molecule has 2 N–H and O–H groups in total. The zero-order valence-corrected chi connectivity index (χ0v) is 9.28. The molecule has 0 bridgehead atoms. The second kappa shape index (κ2) is 3.39. The van der Waals surface area contributed by atoms with Crippen LogP contribution < -0.4 is 5.32 Å². The van der Waals surface area contributed by atoms with Crippen molar-refractivity contribution in [3.63, 3.8) is 0 Å². The van der Waals surface area contributed by atoms with E-state index in [9.17, 15) is 0 Å². The molecular formula is C11H19N3. The Morgan fingerprint density at radius 2 is 2.14 bits per heavy atom. The summed E-state index contributed by atoms with van der Waals surface area (Å²) in [5.74, 6) is 1.19. The Morgan fingerprint density at radius 3 is 2.50 bits per heavy atom. The van der Waals surface area contributed by atoms with Crippen molar-refractivity contribution in [2.75, 3.05) is 13.6 Å². The number of nitrogens with zero attached hydrogens (tertiary/aromatic N) is 1. The van der Waals surface area contributed by atoms with Crippen LogP contribution >= 0.6 is 0 Å². The third-order valence-electron chi connectivity index (χ3n) is 3.46. The molecule has 3 nitrogen and oxygen atoms in total. The van der Waals surface area contributed by atoms with Gasteiger partial charge in [-0.2, -0.15) is 0 Å². The molecule has 1 heterocycles. The number of aromatic nitrogens is 2. The van der Waals surface area contributed by atoms with Gasteiger partial charge in [0.15, 0.2) is 0 Å². The topological polar surface area (TPSA) is 40.7 Å². The van der Waals surface area contributed by atoms with Crippen LogP contribution in [0.3, 0.4) is 0 Å². The van der Waals surface area contributed by atoms with Crippen molar-refractivity contribution in [1.29, 1.82) is 0 Å². The summed E-state index contributed by atoms with van der Waals surface area (Å²) in [6.07, 6.45) is 3.86. The molecular weight excluding hydrogens is 174 g/mol. The van der Waals surface area contributed by atoms with Crippen molar-refractivity contribution >= 4 is 0 Å². The van der Waals surface area contributed by atoms with E-state index in [1.54, 1.807) is 0 Å². The van der Waals surface area contributed by atoms with Crippen molar-refractivity contribution in [2.24, 2.45) is 0 Å². The first-order chi connectivity index (χ1) is 6.68. The van der Waals surface area contributed by atoms with E-state index in [4.69, 9.17) is 0 Å². The molecule has 0 aromatic carbocycles. The normalized spacial score (nSPS) is 19.4. The maximum absolute atomic E-state index is 4.63. The van der Waals surface area contributed by atoms with Gasteiger partial charge in [-0.3, -0.25) is 0 Å². The van der Waals surface area contributed by atoms with Crippen molar-refractivity contribution in [3.8, 4) is 0 Å². The first-order valence-corrected chi connectivity index (χ1v) is 5.36. The van der Waals surface area contributed by atoms with Crippen LogP contribution in [-0.4, -0.2) is 23.6 Å². The molecule has 78 valence electrons. The Labute approximate surface area is 85.3 Å². The molecule has 0 saturated heterocycles. The Kier molecular flexibility index (Phi) is 2.35. The number of H-pyrrole nitrogens is 1. The quantitative estimate of drug-likeness (QED) is 0.766. The average molecular weight is 193 g/mol. The van der Waals surface area contributed by atoms with Gasteiger partial charge in [0.05, 0.1) is 5.69 Å². The van der Waals surface area contributed by atoms with Crippen molar-refractivity contribution in [1.82, 2.24) is 15.3 Å². The minimum absolute atomic E-state index is 0.299. The number of imidazole rings is 1. The summed E-state index contributed by atoms with van der Waals surface area (Å²) < 4.78 is 0. The largest absolute Gasteiger partial charge is 0.345 e. The highest BCUT2D eigenvalue weighted by Crippen LogP contribution is 2.41. The standard InChI is InChI=1S/C11H19N3/c1-8-9(2)14-10(13-8)11(7-12-3)5-4-6-11/h12H,4-7H2,1-3H3,(H,13,14).